The maximum atomic E-state index is 11.3. The minimum absolute atomic E-state index is 0.206. The van der Waals surface area contributed by atoms with Gasteiger partial charge in [-0.2, -0.15) is 0 Å². The summed E-state index contributed by atoms with van der Waals surface area (Å²) in [5, 5.41) is 0. The van der Waals surface area contributed by atoms with Crippen molar-refractivity contribution in [3.63, 3.8) is 0 Å². The highest BCUT2D eigenvalue weighted by molar-refractivity contribution is 5.81. The first-order valence-electron chi connectivity index (χ1n) is 4.61. The van der Waals surface area contributed by atoms with Crippen molar-refractivity contribution in [2.45, 2.75) is 19.3 Å². The maximum absolute atomic E-state index is 11.3. The van der Waals surface area contributed by atoms with Gasteiger partial charge >= 0.3 is 6.09 Å². The molecule has 4 nitrogen and oxygen atoms in total. The quantitative estimate of drug-likeness (QED) is 0.484. The summed E-state index contributed by atoms with van der Waals surface area (Å²) in [5.41, 5.74) is 0. The summed E-state index contributed by atoms with van der Waals surface area (Å²) in [6, 6.07) is 0. The zero-order chi connectivity index (χ0) is 10.4. The van der Waals surface area contributed by atoms with E-state index in [9.17, 15) is 9.59 Å². The van der Waals surface area contributed by atoms with Crippen molar-refractivity contribution in [1.29, 1.82) is 0 Å². The number of terminal acetylenes is 1. The number of nitrogens with zero attached hydrogens (tertiary/aromatic N) is 1. The van der Waals surface area contributed by atoms with Crippen LogP contribution in [-0.2, 0) is 9.53 Å². The van der Waals surface area contributed by atoms with Crippen LogP contribution < -0.4 is 0 Å². The van der Waals surface area contributed by atoms with Gasteiger partial charge in [0.1, 0.15) is 12.4 Å². The van der Waals surface area contributed by atoms with Crippen LogP contribution in [0.1, 0.15) is 19.3 Å². The first-order chi connectivity index (χ1) is 6.74. The molecule has 0 aromatic rings. The van der Waals surface area contributed by atoms with Gasteiger partial charge in [0.2, 0.25) is 0 Å². The molecule has 0 atom stereocenters. The maximum Gasteiger partial charge on any atom is 0.409 e. The van der Waals surface area contributed by atoms with Gasteiger partial charge in [0.15, 0.2) is 0 Å². The lowest BCUT2D eigenvalue weighted by atomic mass is 10.1. The molecule has 14 heavy (non-hydrogen) atoms. The third kappa shape index (κ3) is 3.09. The Balaban J connectivity index is 2.24. The van der Waals surface area contributed by atoms with Crippen molar-refractivity contribution in [3.8, 4) is 12.3 Å². The van der Waals surface area contributed by atoms with Crippen molar-refractivity contribution >= 4 is 11.9 Å². The number of rotatable bonds is 2. The van der Waals surface area contributed by atoms with E-state index in [2.05, 4.69) is 5.92 Å². The van der Waals surface area contributed by atoms with Gasteiger partial charge in [0.25, 0.3) is 0 Å². The Morgan fingerprint density at radius 2 is 2.14 bits per heavy atom. The molecule has 0 saturated carbocycles. The van der Waals surface area contributed by atoms with E-state index in [1.54, 1.807) is 0 Å². The van der Waals surface area contributed by atoms with E-state index in [4.69, 9.17) is 11.2 Å². The standard InChI is InChI=1S/C10H13NO3/c1-2-3-8-14-10(13)11-6-4-9(12)5-7-11/h1H,3-8H2. The molecule has 0 aromatic heterocycles. The lowest BCUT2D eigenvalue weighted by molar-refractivity contribution is -0.121. The van der Waals surface area contributed by atoms with Crippen LogP contribution in [0.25, 0.3) is 0 Å². The highest BCUT2D eigenvalue weighted by Gasteiger charge is 2.21. The molecule has 1 heterocycles. The summed E-state index contributed by atoms with van der Waals surface area (Å²) in [7, 11) is 0. The summed E-state index contributed by atoms with van der Waals surface area (Å²) in [6.45, 7) is 1.18. The smallest absolute Gasteiger partial charge is 0.409 e. The van der Waals surface area contributed by atoms with E-state index in [0.717, 1.165) is 0 Å². The van der Waals surface area contributed by atoms with Gasteiger partial charge in [0, 0.05) is 32.4 Å². The van der Waals surface area contributed by atoms with Crippen LogP contribution in [0.5, 0.6) is 0 Å². The second-order valence-corrected chi connectivity index (χ2v) is 3.09. The summed E-state index contributed by atoms with van der Waals surface area (Å²) in [5.74, 6) is 2.59. The molecule has 0 radical (unpaired) electrons. The summed E-state index contributed by atoms with van der Waals surface area (Å²) < 4.78 is 4.89. The normalized spacial score (nSPS) is 16.2. The summed E-state index contributed by atoms with van der Waals surface area (Å²) >= 11 is 0. The fraction of sp³-hybridized carbons (Fsp3) is 0.600. The molecule has 4 heteroatoms. The van der Waals surface area contributed by atoms with Gasteiger partial charge in [0.05, 0.1) is 0 Å². The zero-order valence-corrected chi connectivity index (χ0v) is 7.99. The predicted molar refractivity (Wildman–Crippen MR) is 50.6 cm³/mol. The van der Waals surface area contributed by atoms with Crippen molar-refractivity contribution in [1.82, 2.24) is 4.90 Å². The van der Waals surface area contributed by atoms with Crippen LogP contribution in [-0.4, -0.2) is 36.5 Å². The lowest BCUT2D eigenvalue weighted by Gasteiger charge is -2.24. The molecule has 0 N–H and O–H groups in total. The van der Waals surface area contributed by atoms with Gasteiger partial charge in [-0.05, 0) is 0 Å². The van der Waals surface area contributed by atoms with Gasteiger partial charge < -0.3 is 9.64 Å². The molecule has 1 saturated heterocycles. The second kappa shape index (κ2) is 5.28. The third-order valence-corrected chi connectivity index (χ3v) is 2.05. The van der Waals surface area contributed by atoms with Crippen LogP contribution in [0.2, 0.25) is 0 Å². The van der Waals surface area contributed by atoms with Gasteiger partial charge in [-0.25, -0.2) is 4.79 Å². The van der Waals surface area contributed by atoms with Crippen LogP contribution in [0.4, 0.5) is 4.79 Å². The average molecular weight is 195 g/mol. The second-order valence-electron chi connectivity index (χ2n) is 3.09. The van der Waals surface area contributed by atoms with Crippen molar-refractivity contribution in [2.75, 3.05) is 19.7 Å². The molecule has 0 aliphatic carbocycles. The molecule has 1 amide bonds. The first-order valence-corrected chi connectivity index (χ1v) is 4.61. The highest BCUT2D eigenvalue weighted by Crippen LogP contribution is 2.07. The lowest BCUT2D eigenvalue weighted by Crippen LogP contribution is -2.39. The third-order valence-electron chi connectivity index (χ3n) is 2.05. The number of ketones is 1. The number of ether oxygens (including phenoxy) is 1. The van der Waals surface area contributed by atoms with E-state index >= 15 is 0 Å². The molecule has 0 aromatic carbocycles. The molecule has 1 aliphatic rings. The Morgan fingerprint density at radius 1 is 1.50 bits per heavy atom. The van der Waals surface area contributed by atoms with Crippen molar-refractivity contribution in [2.24, 2.45) is 0 Å². The van der Waals surface area contributed by atoms with E-state index in [0.29, 0.717) is 32.4 Å². The molecular formula is C10H13NO3. The SMILES string of the molecule is C#CCCOC(=O)N1CCC(=O)CC1. The monoisotopic (exact) mass is 195 g/mol. The Hall–Kier alpha value is -1.50. The average Bonchev–Trinajstić information content (AvgIpc) is 2.19. The van der Waals surface area contributed by atoms with E-state index in [1.165, 1.54) is 4.90 Å². The van der Waals surface area contributed by atoms with Crippen LogP contribution in [0.15, 0.2) is 0 Å². The zero-order valence-electron chi connectivity index (χ0n) is 7.99. The number of Topliss-reactive ketones (excluding diaryl/α,β-unsaturated/α-hetero) is 1. The van der Waals surface area contributed by atoms with E-state index in [-0.39, 0.29) is 18.5 Å². The largest absolute Gasteiger partial charge is 0.448 e. The molecule has 0 unspecified atom stereocenters. The molecule has 0 spiro atoms. The van der Waals surface area contributed by atoms with Crippen molar-refractivity contribution in [3.05, 3.63) is 0 Å². The number of amides is 1. The van der Waals surface area contributed by atoms with Crippen LogP contribution >= 0.6 is 0 Å². The number of carbonyl (C=O) groups is 2. The number of carbonyl (C=O) groups excluding carboxylic acids is 2. The summed E-state index contributed by atoms with van der Waals surface area (Å²) in [4.78, 5) is 23.7. The molecule has 1 aliphatic heterocycles. The fourth-order valence-corrected chi connectivity index (χ4v) is 1.23. The minimum Gasteiger partial charge on any atom is -0.448 e. The number of hydrogen-bond donors (Lipinski definition) is 0. The van der Waals surface area contributed by atoms with Crippen molar-refractivity contribution < 1.29 is 14.3 Å². The van der Waals surface area contributed by atoms with Gasteiger partial charge in [-0.3, -0.25) is 4.79 Å². The molecule has 1 rings (SSSR count). The van der Waals surface area contributed by atoms with Gasteiger partial charge in [-0.1, -0.05) is 0 Å². The Kier molecular flexibility index (Phi) is 3.99. The molecule has 1 fully saturated rings. The van der Waals surface area contributed by atoms with Gasteiger partial charge in [-0.15, -0.1) is 12.3 Å². The first kappa shape index (κ1) is 10.6. The predicted octanol–water partition coefficient (Wildman–Crippen LogP) is 0.811. The summed E-state index contributed by atoms with van der Waals surface area (Å²) in [6.07, 6.45) is 5.94. The number of likely N-dealkylation sites (tertiary alicyclic amines) is 1. The van der Waals surface area contributed by atoms with E-state index in [1.807, 2.05) is 0 Å². The molecule has 76 valence electrons. The molecular weight excluding hydrogens is 182 g/mol. The highest BCUT2D eigenvalue weighted by atomic mass is 16.6. The number of hydrogen-bond acceptors (Lipinski definition) is 3. The number of piperidine rings is 1. The minimum atomic E-state index is -0.368. The Labute approximate surface area is 83.2 Å². The van der Waals surface area contributed by atoms with E-state index < -0.39 is 0 Å². The topological polar surface area (TPSA) is 46.6 Å². The fourth-order valence-electron chi connectivity index (χ4n) is 1.23. The van der Waals surface area contributed by atoms with Crippen LogP contribution in [0.3, 0.4) is 0 Å². The Bertz CT molecular complexity index is 257. The Morgan fingerprint density at radius 3 is 2.71 bits per heavy atom. The molecule has 0 bridgehead atoms. The van der Waals surface area contributed by atoms with Crippen LogP contribution in [0, 0.1) is 12.3 Å².